The number of carbonyl (C=O) groups excluding carboxylic acids is 1. The van der Waals surface area contributed by atoms with Crippen LogP contribution in [0.2, 0.25) is 0 Å². The van der Waals surface area contributed by atoms with Crippen molar-refractivity contribution in [2.24, 2.45) is 0 Å². The van der Waals surface area contributed by atoms with Gasteiger partial charge >= 0.3 is 11.9 Å². The fourth-order valence-electron chi connectivity index (χ4n) is 2.23. The summed E-state index contributed by atoms with van der Waals surface area (Å²) in [7, 11) is 1.18. The first kappa shape index (κ1) is 14.5. The van der Waals surface area contributed by atoms with Crippen molar-refractivity contribution in [3.63, 3.8) is 0 Å². The molecule has 1 aliphatic rings. The number of carboxylic acid groups (broad SMARTS) is 1. The Kier molecular flexibility index (Phi) is 4.06. The van der Waals surface area contributed by atoms with E-state index in [0.29, 0.717) is 12.0 Å². The summed E-state index contributed by atoms with van der Waals surface area (Å²) in [5.74, 6) is -3.27. The quantitative estimate of drug-likeness (QED) is 0.837. The van der Waals surface area contributed by atoms with Crippen LogP contribution in [0.25, 0.3) is 0 Å². The Morgan fingerprint density at radius 1 is 1.25 bits per heavy atom. The van der Waals surface area contributed by atoms with Crippen LogP contribution in [0.3, 0.4) is 0 Å². The molecule has 20 heavy (non-hydrogen) atoms. The van der Waals surface area contributed by atoms with Crippen molar-refractivity contribution in [3.8, 4) is 0 Å². The van der Waals surface area contributed by atoms with Crippen LogP contribution in [-0.2, 0) is 29.6 Å². The number of hydrogen-bond donors (Lipinski definition) is 1. The first-order valence-corrected chi connectivity index (χ1v) is 6.26. The molecule has 3 unspecified atom stereocenters. The second-order valence-corrected chi connectivity index (χ2v) is 4.41. The number of ether oxygens (including phenoxy) is 3. The number of carbonyl (C=O) groups is 2. The van der Waals surface area contributed by atoms with Gasteiger partial charge < -0.3 is 19.3 Å². The molecular weight excluding hydrogens is 264 g/mol. The van der Waals surface area contributed by atoms with Crippen molar-refractivity contribution in [1.29, 1.82) is 0 Å². The molecule has 6 nitrogen and oxygen atoms in total. The summed E-state index contributed by atoms with van der Waals surface area (Å²) in [6.45, 7) is 1.80. The lowest BCUT2D eigenvalue weighted by Crippen LogP contribution is -2.37. The van der Waals surface area contributed by atoms with Crippen LogP contribution in [0.15, 0.2) is 30.3 Å². The van der Waals surface area contributed by atoms with Gasteiger partial charge in [-0.05, 0) is 0 Å². The van der Waals surface area contributed by atoms with Crippen LogP contribution in [0.5, 0.6) is 0 Å². The summed E-state index contributed by atoms with van der Waals surface area (Å²) in [5, 5.41) is 9.19. The molecule has 1 heterocycles. The minimum atomic E-state index is -1.39. The average Bonchev–Trinajstić information content (AvgIpc) is 2.89. The van der Waals surface area contributed by atoms with Gasteiger partial charge in [0.2, 0.25) is 0 Å². The molecule has 0 amide bonds. The second-order valence-electron chi connectivity index (χ2n) is 4.41. The molecule has 0 radical (unpaired) electrons. The van der Waals surface area contributed by atoms with Crippen molar-refractivity contribution in [3.05, 3.63) is 35.9 Å². The van der Waals surface area contributed by atoms with Crippen molar-refractivity contribution < 1.29 is 28.9 Å². The second kappa shape index (κ2) is 5.60. The maximum absolute atomic E-state index is 11.7. The number of benzene rings is 1. The number of carboxylic acids is 1. The summed E-state index contributed by atoms with van der Waals surface area (Å²) >= 11 is 0. The molecule has 0 bridgehead atoms. The van der Waals surface area contributed by atoms with Gasteiger partial charge in [0.1, 0.15) is 0 Å². The Balaban J connectivity index is 2.38. The largest absolute Gasteiger partial charge is 0.479 e. The zero-order valence-electron chi connectivity index (χ0n) is 11.2. The first-order valence-electron chi connectivity index (χ1n) is 6.26. The van der Waals surface area contributed by atoms with Crippen LogP contribution in [0.1, 0.15) is 18.9 Å². The molecule has 6 heteroatoms. The fraction of sp³-hybridized carbons (Fsp3) is 0.429. The third-order valence-corrected chi connectivity index (χ3v) is 3.27. The van der Waals surface area contributed by atoms with Gasteiger partial charge in [-0.25, -0.2) is 9.59 Å². The molecule has 1 aliphatic heterocycles. The standard InChI is InChI=1S/C14H16O6/c1-3-14(9-7-5-4-6-8-9)19-10(12(15)16)11(20-14)13(17)18-2/h4-8,10-11H,3H2,1-2H3,(H,15,16). The SMILES string of the molecule is CCC1(c2ccccc2)OC(C(=O)O)C(C(=O)OC)O1. The maximum atomic E-state index is 11.7. The molecule has 2 rings (SSSR count). The van der Waals surface area contributed by atoms with E-state index in [0.717, 1.165) is 0 Å². The summed E-state index contributed by atoms with van der Waals surface area (Å²) in [6.07, 6.45) is -2.30. The predicted octanol–water partition coefficient (Wildman–Crippen LogP) is 1.29. The van der Waals surface area contributed by atoms with Gasteiger partial charge in [-0.3, -0.25) is 0 Å². The summed E-state index contributed by atoms with van der Waals surface area (Å²) < 4.78 is 15.8. The van der Waals surface area contributed by atoms with Crippen molar-refractivity contribution >= 4 is 11.9 Å². The Morgan fingerprint density at radius 2 is 1.85 bits per heavy atom. The first-order chi connectivity index (χ1) is 9.54. The van der Waals surface area contributed by atoms with Crippen LogP contribution < -0.4 is 0 Å². The van der Waals surface area contributed by atoms with E-state index in [9.17, 15) is 14.7 Å². The average molecular weight is 280 g/mol. The highest BCUT2D eigenvalue weighted by Gasteiger charge is 2.54. The Bertz CT molecular complexity index is 500. The van der Waals surface area contributed by atoms with Gasteiger partial charge in [0, 0.05) is 12.0 Å². The Morgan fingerprint density at radius 3 is 2.35 bits per heavy atom. The highest BCUT2D eigenvalue weighted by molar-refractivity contribution is 5.85. The van der Waals surface area contributed by atoms with Crippen molar-refractivity contribution in [2.75, 3.05) is 7.11 Å². The molecule has 0 saturated carbocycles. The van der Waals surface area contributed by atoms with Gasteiger partial charge in [0.25, 0.3) is 0 Å². The summed E-state index contributed by atoms with van der Waals surface area (Å²) in [6, 6.07) is 8.94. The zero-order valence-corrected chi connectivity index (χ0v) is 11.2. The summed E-state index contributed by atoms with van der Waals surface area (Å²) in [4.78, 5) is 22.9. The van der Waals surface area contributed by atoms with E-state index in [1.165, 1.54) is 7.11 Å². The summed E-state index contributed by atoms with van der Waals surface area (Å²) in [5.41, 5.74) is 0.667. The molecule has 1 saturated heterocycles. The van der Waals surface area contributed by atoms with E-state index in [1.54, 1.807) is 31.2 Å². The van der Waals surface area contributed by atoms with Crippen LogP contribution in [-0.4, -0.2) is 36.4 Å². The van der Waals surface area contributed by atoms with Crippen LogP contribution in [0, 0.1) is 0 Å². The third kappa shape index (κ3) is 2.39. The number of aliphatic carboxylic acids is 1. The van der Waals surface area contributed by atoms with E-state index in [4.69, 9.17) is 9.47 Å². The molecule has 0 aliphatic carbocycles. The molecule has 1 N–H and O–H groups in total. The van der Waals surface area contributed by atoms with E-state index in [-0.39, 0.29) is 0 Å². The van der Waals surface area contributed by atoms with E-state index in [1.807, 2.05) is 6.07 Å². The van der Waals surface area contributed by atoms with Gasteiger partial charge in [-0.2, -0.15) is 0 Å². The molecule has 0 aromatic heterocycles. The Hall–Kier alpha value is -1.92. The topological polar surface area (TPSA) is 82.1 Å². The number of hydrogen-bond acceptors (Lipinski definition) is 5. The maximum Gasteiger partial charge on any atom is 0.338 e. The molecule has 0 spiro atoms. The Labute approximate surface area is 116 Å². The van der Waals surface area contributed by atoms with E-state index < -0.39 is 29.9 Å². The van der Waals surface area contributed by atoms with Gasteiger partial charge in [-0.15, -0.1) is 0 Å². The van der Waals surface area contributed by atoms with Gasteiger partial charge in [0.15, 0.2) is 18.0 Å². The lowest BCUT2D eigenvalue weighted by molar-refractivity contribution is -0.196. The molecule has 1 aromatic carbocycles. The van der Waals surface area contributed by atoms with E-state index >= 15 is 0 Å². The number of methoxy groups -OCH3 is 1. The van der Waals surface area contributed by atoms with Gasteiger partial charge in [0.05, 0.1) is 7.11 Å². The highest BCUT2D eigenvalue weighted by atomic mass is 16.8. The molecule has 1 aromatic rings. The highest BCUT2D eigenvalue weighted by Crippen LogP contribution is 2.40. The normalized spacial score (nSPS) is 29.1. The number of esters is 1. The molecule has 3 atom stereocenters. The van der Waals surface area contributed by atoms with Crippen molar-refractivity contribution in [2.45, 2.75) is 31.3 Å². The number of rotatable bonds is 4. The lowest BCUT2D eigenvalue weighted by Gasteiger charge is -2.26. The molecular formula is C14H16O6. The third-order valence-electron chi connectivity index (χ3n) is 3.27. The van der Waals surface area contributed by atoms with Crippen LogP contribution >= 0.6 is 0 Å². The minimum Gasteiger partial charge on any atom is -0.479 e. The van der Waals surface area contributed by atoms with Gasteiger partial charge in [-0.1, -0.05) is 37.3 Å². The predicted molar refractivity (Wildman–Crippen MR) is 67.8 cm³/mol. The smallest absolute Gasteiger partial charge is 0.338 e. The van der Waals surface area contributed by atoms with Crippen LogP contribution in [0.4, 0.5) is 0 Å². The molecule has 1 fully saturated rings. The van der Waals surface area contributed by atoms with Crippen molar-refractivity contribution in [1.82, 2.24) is 0 Å². The zero-order chi connectivity index (χ0) is 14.8. The lowest BCUT2D eigenvalue weighted by atomic mass is 10.0. The fourth-order valence-corrected chi connectivity index (χ4v) is 2.23. The minimum absolute atomic E-state index is 0.369. The van der Waals surface area contributed by atoms with E-state index in [2.05, 4.69) is 4.74 Å². The monoisotopic (exact) mass is 280 g/mol. The molecule has 108 valence electrons.